The molecule has 0 saturated heterocycles. The SMILES string of the molecule is CNCc1ccc(OCc2ncccn2)c(F)c1. The van der Waals surface area contributed by atoms with Crippen LogP contribution in [0.3, 0.4) is 0 Å². The van der Waals surface area contributed by atoms with Crippen molar-refractivity contribution in [3.8, 4) is 5.75 Å². The molecule has 0 unspecified atom stereocenters. The van der Waals surface area contributed by atoms with Gasteiger partial charge in [0.05, 0.1) is 0 Å². The number of rotatable bonds is 5. The first-order valence-electron chi connectivity index (χ1n) is 5.61. The molecule has 0 aliphatic rings. The van der Waals surface area contributed by atoms with Crippen molar-refractivity contribution < 1.29 is 9.13 Å². The first-order valence-corrected chi connectivity index (χ1v) is 5.61. The molecule has 0 atom stereocenters. The van der Waals surface area contributed by atoms with Gasteiger partial charge < -0.3 is 10.1 Å². The van der Waals surface area contributed by atoms with E-state index < -0.39 is 0 Å². The molecule has 1 aromatic heterocycles. The van der Waals surface area contributed by atoms with E-state index in [2.05, 4.69) is 15.3 Å². The van der Waals surface area contributed by atoms with Crippen LogP contribution in [0.15, 0.2) is 36.7 Å². The van der Waals surface area contributed by atoms with Crippen molar-refractivity contribution in [2.75, 3.05) is 7.05 Å². The largest absolute Gasteiger partial charge is 0.483 e. The molecule has 5 heteroatoms. The Balaban J connectivity index is 2.01. The summed E-state index contributed by atoms with van der Waals surface area (Å²) in [5.41, 5.74) is 0.873. The lowest BCUT2D eigenvalue weighted by Crippen LogP contribution is -2.06. The fourth-order valence-corrected chi connectivity index (χ4v) is 1.52. The average molecular weight is 247 g/mol. The molecular formula is C13H14FN3O. The molecule has 0 aliphatic heterocycles. The molecule has 1 aromatic carbocycles. The topological polar surface area (TPSA) is 47.0 Å². The standard InChI is InChI=1S/C13H14FN3O/c1-15-8-10-3-4-12(11(14)7-10)18-9-13-16-5-2-6-17-13/h2-7,15H,8-9H2,1H3. The quantitative estimate of drug-likeness (QED) is 0.876. The predicted octanol–water partition coefficient (Wildman–Crippen LogP) is 1.91. The van der Waals surface area contributed by atoms with Gasteiger partial charge in [0.1, 0.15) is 6.61 Å². The van der Waals surface area contributed by atoms with Crippen LogP contribution in [-0.4, -0.2) is 17.0 Å². The number of aromatic nitrogens is 2. The Morgan fingerprint density at radius 1 is 1.28 bits per heavy atom. The molecule has 1 N–H and O–H groups in total. The van der Waals surface area contributed by atoms with Crippen LogP contribution < -0.4 is 10.1 Å². The molecule has 4 nitrogen and oxygen atoms in total. The molecule has 0 radical (unpaired) electrons. The Morgan fingerprint density at radius 2 is 2.06 bits per heavy atom. The molecule has 0 aliphatic carbocycles. The summed E-state index contributed by atoms with van der Waals surface area (Å²) in [6.07, 6.45) is 3.25. The maximum Gasteiger partial charge on any atom is 0.166 e. The van der Waals surface area contributed by atoms with Gasteiger partial charge in [-0.3, -0.25) is 0 Å². The van der Waals surface area contributed by atoms with Crippen LogP contribution in [0, 0.1) is 5.82 Å². The Bertz CT molecular complexity index is 505. The minimum Gasteiger partial charge on any atom is -0.483 e. The van der Waals surface area contributed by atoms with Crippen LogP contribution in [0.1, 0.15) is 11.4 Å². The van der Waals surface area contributed by atoms with Crippen LogP contribution in [0.2, 0.25) is 0 Å². The van der Waals surface area contributed by atoms with Crippen molar-refractivity contribution in [3.63, 3.8) is 0 Å². The maximum atomic E-state index is 13.7. The van der Waals surface area contributed by atoms with Gasteiger partial charge in [0, 0.05) is 18.9 Å². The summed E-state index contributed by atoms with van der Waals surface area (Å²) in [7, 11) is 1.81. The smallest absolute Gasteiger partial charge is 0.166 e. The first-order chi connectivity index (χ1) is 8.79. The highest BCUT2D eigenvalue weighted by Crippen LogP contribution is 2.19. The summed E-state index contributed by atoms with van der Waals surface area (Å²) < 4.78 is 19.0. The number of halogens is 1. The van der Waals surface area contributed by atoms with Crippen molar-refractivity contribution in [2.24, 2.45) is 0 Å². The van der Waals surface area contributed by atoms with Crippen molar-refractivity contribution >= 4 is 0 Å². The zero-order valence-corrected chi connectivity index (χ0v) is 10.1. The van der Waals surface area contributed by atoms with Crippen molar-refractivity contribution in [1.29, 1.82) is 0 Å². The van der Waals surface area contributed by atoms with Gasteiger partial charge in [-0.1, -0.05) is 6.07 Å². The monoisotopic (exact) mass is 247 g/mol. The van der Waals surface area contributed by atoms with E-state index in [0.29, 0.717) is 12.4 Å². The Labute approximate surface area is 105 Å². The second-order valence-corrected chi connectivity index (χ2v) is 3.75. The third kappa shape index (κ3) is 3.24. The van der Waals surface area contributed by atoms with Crippen molar-refractivity contribution in [2.45, 2.75) is 13.2 Å². The third-order valence-corrected chi connectivity index (χ3v) is 2.35. The van der Waals surface area contributed by atoms with Gasteiger partial charge in [0.2, 0.25) is 0 Å². The molecule has 0 bridgehead atoms. The van der Waals surface area contributed by atoms with E-state index in [1.54, 1.807) is 24.5 Å². The first kappa shape index (κ1) is 12.4. The third-order valence-electron chi connectivity index (χ3n) is 2.35. The lowest BCUT2D eigenvalue weighted by molar-refractivity contribution is 0.281. The molecule has 0 amide bonds. The highest BCUT2D eigenvalue weighted by Gasteiger charge is 2.05. The maximum absolute atomic E-state index is 13.7. The number of hydrogen-bond donors (Lipinski definition) is 1. The van der Waals surface area contributed by atoms with Gasteiger partial charge in [0.25, 0.3) is 0 Å². The van der Waals surface area contributed by atoms with Crippen molar-refractivity contribution in [1.82, 2.24) is 15.3 Å². The predicted molar refractivity (Wildman–Crippen MR) is 65.5 cm³/mol. The Kier molecular flexibility index (Phi) is 4.20. The molecule has 94 valence electrons. The van der Waals surface area contributed by atoms with Gasteiger partial charge in [-0.2, -0.15) is 0 Å². The zero-order valence-electron chi connectivity index (χ0n) is 10.1. The number of nitrogens with one attached hydrogen (secondary N) is 1. The minimum atomic E-state index is -0.376. The number of hydrogen-bond acceptors (Lipinski definition) is 4. The lowest BCUT2D eigenvalue weighted by atomic mass is 10.2. The highest BCUT2D eigenvalue weighted by molar-refractivity contribution is 5.29. The zero-order chi connectivity index (χ0) is 12.8. The lowest BCUT2D eigenvalue weighted by Gasteiger charge is -2.07. The van der Waals surface area contributed by atoms with Crippen LogP contribution in [-0.2, 0) is 13.2 Å². The summed E-state index contributed by atoms with van der Waals surface area (Å²) in [5.74, 6) is 0.359. The van der Waals surface area contributed by atoms with E-state index >= 15 is 0 Å². The molecule has 0 saturated carbocycles. The fourth-order valence-electron chi connectivity index (χ4n) is 1.52. The Morgan fingerprint density at radius 3 is 2.72 bits per heavy atom. The van der Waals surface area contributed by atoms with E-state index in [1.165, 1.54) is 6.07 Å². The minimum absolute atomic E-state index is 0.156. The molecule has 0 fully saturated rings. The fraction of sp³-hybridized carbons (Fsp3) is 0.231. The number of benzene rings is 1. The summed E-state index contributed by atoms with van der Waals surface area (Å²) in [6.45, 7) is 0.780. The van der Waals surface area contributed by atoms with Crippen LogP contribution in [0.5, 0.6) is 5.75 Å². The van der Waals surface area contributed by atoms with Crippen LogP contribution in [0.25, 0.3) is 0 Å². The Hall–Kier alpha value is -2.01. The van der Waals surface area contributed by atoms with Gasteiger partial charge >= 0.3 is 0 Å². The van der Waals surface area contributed by atoms with Crippen LogP contribution in [0.4, 0.5) is 4.39 Å². The summed E-state index contributed by atoms with van der Waals surface area (Å²) >= 11 is 0. The normalized spacial score (nSPS) is 10.3. The highest BCUT2D eigenvalue weighted by atomic mass is 19.1. The summed E-state index contributed by atoms with van der Waals surface area (Å²) in [4.78, 5) is 8.00. The van der Waals surface area contributed by atoms with E-state index in [-0.39, 0.29) is 18.2 Å². The van der Waals surface area contributed by atoms with Crippen LogP contribution >= 0.6 is 0 Å². The molecular weight excluding hydrogens is 233 g/mol. The average Bonchev–Trinajstić information content (AvgIpc) is 2.39. The molecule has 18 heavy (non-hydrogen) atoms. The second-order valence-electron chi connectivity index (χ2n) is 3.75. The van der Waals surface area contributed by atoms with E-state index in [4.69, 9.17) is 4.74 Å². The van der Waals surface area contributed by atoms with E-state index in [9.17, 15) is 4.39 Å². The van der Waals surface area contributed by atoms with E-state index in [1.807, 2.05) is 13.1 Å². The van der Waals surface area contributed by atoms with E-state index in [0.717, 1.165) is 5.56 Å². The van der Waals surface area contributed by atoms with Crippen molar-refractivity contribution in [3.05, 3.63) is 53.9 Å². The van der Waals surface area contributed by atoms with Gasteiger partial charge in [-0.15, -0.1) is 0 Å². The number of ether oxygens (including phenoxy) is 1. The molecule has 2 aromatic rings. The summed E-state index contributed by atoms with van der Waals surface area (Å²) in [6, 6.07) is 6.61. The van der Waals surface area contributed by atoms with Gasteiger partial charge in [0.15, 0.2) is 17.4 Å². The molecule has 1 heterocycles. The molecule has 0 spiro atoms. The van der Waals surface area contributed by atoms with Gasteiger partial charge in [-0.05, 0) is 30.8 Å². The summed E-state index contributed by atoms with van der Waals surface area (Å²) in [5, 5.41) is 2.96. The molecule has 2 rings (SSSR count). The van der Waals surface area contributed by atoms with Gasteiger partial charge in [-0.25, -0.2) is 14.4 Å². The number of nitrogens with zero attached hydrogens (tertiary/aromatic N) is 2. The second kappa shape index (κ2) is 6.07.